The quantitative estimate of drug-likeness (QED) is 0.276. The number of unbranched alkanes of at least 4 members (excludes halogenated alkanes) is 4. The highest BCUT2D eigenvalue weighted by Gasteiger charge is 2.37. The van der Waals surface area contributed by atoms with Gasteiger partial charge in [0.25, 0.3) is 5.91 Å². The smallest absolute Gasteiger partial charge is 0.408 e. The highest BCUT2D eigenvalue weighted by Crippen LogP contribution is 2.26. The Labute approximate surface area is 237 Å². The molecule has 0 radical (unpaired) electrons. The summed E-state index contributed by atoms with van der Waals surface area (Å²) in [5.74, 6) is -1.76. The molecule has 0 aliphatic carbocycles. The number of nitrogens with one attached hydrogen (secondary N) is 2. The Balaban J connectivity index is 2.49. The van der Waals surface area contributed by atoms with E-state index < -0.39 is 47.9 Å². The summed E-state index contributed by atoms with van der Waals surface area (Å²) in [5, 5.41) is 5.48. The molecule has 0 aromatic heterocycles. The second kappa shape index (κ2) is 15.6. The van der Waals surface area contributed by atoms with Gasteiger partial charge in [-0.2, -0.15) is 0 Å². The minimum absolute atomic E-state index is 0.245. The molecule has 2 rings (SSSR count). The molecule has 9 nitrogen and oxygen atoms in total. The van der Waals surface area contributed by atoms with Crippen molar-refractivity contribution in [3.8, 4) is 0 Å². The molecule has 2 aromatic rings. The van der Waals surface area contributed by atoms with Crippen LogP contribution in [-0.4, -0.2) is 46.9 Å². The van der Waals surface area contributed by atoms with Gasteiger partial charge >= 0.3 is 6.09 Å². The third-order valence-corrected chi connectivity index (χ3v) is 6.26. The zero-order chi connectivity index (χ0) is 29.7. The van der Waals surface area contributed by atoms with E-state index in [4.69, 9.17) is 10.5 Å². The van der Waals surface area contributed by atoms with Crippen molar-refractivity contribution >= 4 is 29.5 Å². The topological polar surface area (TPSA) is 131 Å². The molecule has 0 fully saturated rings. The fourth-order valence-corrected chi connectivity index (χ4v) is 4.33. The minimum atomic E-state index is -1.31. The molecule has 4 N–H and O–H groups in total. The summed E-state index contributed by atoms with van der Waals surface area (Å²) in [6.45, 7) is 9.34. The lowest BCUT2D eigenvalue weighted by Gasteiger charge is -2.34. The number of hydrogen-bond donors (Lipinski definition) is 3. The van der Waals surface area contributed by atoms with Crippen molar-refractivity contribution in [3.63, 3.8) is 0 Å². The van der Waals surface area contributed by atoms with Gasteiger partial charge in [0.2, 0.25) is 11.8 Å². The van der Waals surface area contributed by atoms with Gasteiger partial charge in [0.1, 0.15) is 17.7 Å². The molecule has 0 aliphatic heterocycles. The molecular weight excluding hydrogens is 508 g/mol. The number of alkyl carbamates (subject to hydrolysis) is 1. The van der Waals surface area contributed by atoms with Crippen LogP contribution in [0.15, 0.2) is 54.6 Å². The number of rotatable bonds is 14. The number of carbonyl (C=O) groups is 4. The number of nitrogens with zero attached hydrogens (tertiary/aromatic N) is 1. The predicted octanol–water partition coefficient (Wildman–Crippen LogP) is 5.24. The van der Waals surface area contributed by atoms with Crippen LogP contribution in [0.3, 0.4) is 0 Å². The van der Waals surface area contributed by atoms with Gasteiger partial charge in [0, 0.05) is 12.2 Å². The molecule has 2 atom stereocenters. The van der Waals surface area contributed by atoms with Gasteiger partial charge in [-0.05, 0) is 51.3 Å². The second-order valence-electron chi connectivity index (χ2n) is 10.9. The van der Waals surface area contributed by atoms with Crippen LogP contribution in [0.1, 0.15) is 83.4 Å². The lowest BCUT2D eigenvalue weighted by molar-refractivity contribution is -0.142. The second-order valence-corrected chi connectivity index (χ2v) is 10.9. The number of hydrogen-bond acceptors (Lipinski definition) is 5. The number of primary amides is 1. The third kappa shape index (κ3) is 10.7. The molecule has 0 aliphatic rings. The van der Waals surface area contributed by atoms with Crippen LogP contribution >= 0.6 is 0 Å². The number of nitrogens with two attached hydrogens (primary N) is 1. The first-order valence-corrected chi connectivity index (χ1v) is 13.9. The summed E-state index contributed by atoms with van der Waals surface area (Å²) in [5.41, 5.74) is 6.76. The number of benzene rings is 2. The van der Waals surface area contributed by atoms with E-state index >= 15 is 0 Å². The number of aryl methyl sites for hydroxylation is 1. The Hall–Kier alpha value is -3.88. The molecule has 0 spiro atoms. The summed E-state index contributed by atoms with van der Waals surface area (Å²) < 4.78 is 5.34. The largest absolute Gasteiger partial charge is 0.444 e. The van der Waals surface area contributed by atoms with Crippen LogP contribution in [0.25, 0.3) is 0 Å². The van der Waals surface area contributed by atoms with Crippen molar-refractivity contribution in [1.29, 1.82) is 0 Å². The molecular formula is C31H44N4O5. The molecule has 4 amide bonds. The van der Waals surface area contributed by atoms with E-state index in [1.165, 1.54) is 4.90 Å². The fourth-order valence-electron chi connectivity index (χ4n) is 4.33. The Bertz CT molecular complexity index is 1130. The highest BCUT2D eigenvalue weighted by atomic mass is 16.6. The normalized spacial score (nSPS) is 12.6. The summed E-state index contributed by atoms with van der Waals surface area (Å²) in [6, 6.07) is 14.1. The first-order valence-electron chi connectivity index (χ1n) is 13.9. The Morgan fingerprint density at radius 3 is 2.15 bits per heavy atom. The first-order chi connectivity index (χ1) is 18.9. The highest BCUT2D eigenvalue weighted by molar-refractivity contribution is 6.00. The van der Waals surface area contributed by atoms with Gasteiger partial charge in [-0.1, -0.05) is 81.1 Å². The van der Waals surface area contributed by atoms with Gasteiger partial charge in [-0.15, -0.1) is 0 Å². The van der Waals surface area contributed by atoms with Crippen LogP contribution in [0.4, 0.5) is 10.5 Å². The van der Waals surface area contributed by atoms with E-state index in [0.717, 1.165) is 31.2 Å². The average molecular weight is 553 g/mol. The van der Waals surface area contributed by atoms with Crippen molar-refractivity contribution in [2.75, 3.05) is 11.9 Å². The van der Waals surface area contributed by atoms with Gasteiger partial charge in [0.05, 0.1) is 6.42 Å². The van der Waals surface area contributed by atoms with Crippen LogP contribution in [-0.2, 0) is 19.1 Å². The number of anilines is 1. The molecule has 40 heavy (non-hydrogen) atoms. The number of ether oxygens (including phenoxy) is 1. The first kappa shape index (κ1) is 32.3. The lowest BCUT2D eigenvalue weighted by atomic mass is 10.0. The van der Waals surface area contributed by atoms with Crippen molar-refractivity contribution in [3.05, 3.63) is 65.7 Å². The maximum atomic E-state index is 14.1. The SMILES string of the molecule is CCCCCCCN(C(=O)C(CC(N)=O)NC(=O)OC(C)(C)C)C(C(=O)Nc1ccccc1C)c1ccccc1. The lowest BCUT2D eigenvalue weighted by Crippen LogP contribution is -2.53. The Morgan fingerprint density at radius 1 is 0.925 bits per heavy atom. The number of para-hydroxylation sites is 1. The van der Waals surface area contributed by atoms with E-state index in [2.05, 4.69) is 17.6 Å². The van der Waals surface area contributed by atoms with E-state index in [9.17, 15) is 19.2 Å². The van der Waals surface area contributed by atoms with E-state index in [0.29, 0.717) is 17.7 Å². The molecule has 0 saturated carbocycles. The van der Waals surface area contributed by atoms with E-state index in [1.54, 1.807) is 51.1 Å². The molecule has 0 saturated heterocycles. The average Bonchev–Trinajstić information content (AvgIpc) is 2.87. The van der Waals surface area contributed by atoms with Crippen LogP contribution in [0, 0.1) is 6.92 Å². The molecule has 0 bridgehead atoms. The number of amides is 4. The Morgan fingerprint density at radius 2 is 1.55 bits per heavy atom. The molecule has 2 unspecified atom stereocenters. The van der Waals surface area contributed by atoms with Gasteiger partial charge in [-0.25, -0.2) is 4.79 Å². The fraction of sp³-hybridized carbons (Fsp3) is 0.484. The van der Waals surface area contributed by atoms with Crippen molar-refractivity contribution in [2.24, 2.45) is 5.73 Å². The summed E-state index contributed by atoms with van der Waals surface area (Å²) in [4.78, 5) is 54.0. The maximum Gasteiger partial charge on any atom is 0.408 e. The molecule has 0 heterocycles. The monoisotopic (exact) mass is 552 g/mol. The van der Waals surface area contributed by atoms with Crippen LogP contribution in [0.2, 0.25) is 0 Å². The van der Waals surface area contributed by atoms with Crippen LogP contribution in [0.5, 0.6) is 0 Å². The summed E-state index contributed by atoms with van der Waals surface area (Å²) in [7, 11) is 0. The van der Waals surface area contributed by atoms with Crippen molar-refractivity contribution < 1.29 is 23.9 Å². The van der Waals surface area contributed by atoms with Gasteiger partial charge in [0.15, 0.2) is 0 Å². The standard InChI is InChI=1S/C31H44N4O5/c1-6-7-8-9-15-20-35(29(38)25(21-26(32)36)34-30(39)40-31(3,4)5)27(23-17-11-10-12-18-23)28(37)33-24-19-14-13-16-22(24)2/h10-14,16-19,25,27H,6-9,15,20-21H2,1-5H3,(H2,32,36)(H,33,37)(H,34,39). The predicted molar refractivity (Wildman–Crippen MR) is 156 cm³/mol. The van der Waals surface area contributed by atoms with Gasteiger partial charge in [-0.3, -0.25) is 14.4 Å². The number of carbonyl (C=O) groups excluding carboxylic acids is 4. The van der Waals surface area contributed by atoms with E-state index in [-0.39, 0.29) is 6.54 Å². The third-order valence-electron chi connectivity index (χ3n) is 6.26. The molecule has 218 valence electrons. The van der Waals surface area contributed by atoms with Gasteiger partial charge < -0.3 is 26.0 Å². The molecule has 9 heteroatoms. The van der Waals surface area contributed by atoms with Crippen LogP contribution < -0.4 is 16.4 Å². The zero-order valence-corrected chi connectivity index (χ0v) is 24.4. The van der Waals surface area contributed by atoms with E-state index in [1.807, 2.05) is 31.2 Å². The maximum absolute atomic E-state index is 14.1. The zero-order valence-electron chi connectivity index (χ0n) is 24.4. The van der Waals surface area contributed by atoms with Crippen molar-refractivity contribution in [1.82, 2.24) is 10.2 Å². The Kier molecular flexibility index (Phi) is 12.6. The summed E-state index contributed by atoms with van der Waals surface area (Å²) in [6.07, 6.45) is 3.33. The summed E-state index contributed by atoms with van der Waals surface area (Å²) >= 11 is 0. The minimum Gasteiger partial charge on any atom is -0.444 e. The van der Waals surface area contributed by atoms with Crippen molar-refractivity contribution in [2.45, 2.75) is 90.8 Å². The molecule has 2 aromatic carbocycles.